The quantitative estimate of drug-likeness (QED) is 0.142. The molecule has 45 heavy (non-hydrogen) atoms. The largest absolute Gasteiger partial charge is 0.234 e. The fourth-order valence-electron chi connectivity index (χ4n) is 4.79. The predicted molar refractivity (Wildman–Crippen MR) is 180 cm³/mol. The minimum atomic E-state index is -0.846. The molecule has 264 valence electrons. The molecule has 0 saturated heterocycles. The van der Waals surface area contributed by atoms with Gasteiger partial charge in [-0.1, -0.05) is 45.0 Å². The maximum absolute atomic E-state index is 5.79. The van der Waals surface area contributed by atoms with Crippen LogP contribution in [0, 0.1) is 11.3 Å². The van der Waals surface area contributed by atoms with Crippen molar-refractivity contribution in [3.63, 3.8) is 0 Å². The number of hydrogen-bond acceptors (Lipinski definition) is 8. The summed E-state index contributed by atoms with van der Waals surface area (Å²) in [6.45, 7) is 38.1. The zero-order valence-corrected chi connectivity index (χ0v) is 32.3. The molecule has 1 aromatic carbocycles. The smallest absolute Gasteiger partial charge is 0.230 e. The summed E-state index contributed by atoms with van der Waals surface area (Å²) < 4.78 is 0. The molecule has 2 rings (SSSR count). The Labute approximate surface area is 275 Å². The number of benzene rings is 1. The van der Waals surface area contributed by atoms with Crippen molar-refractivity contribution in [2.45, 2.75) is 190 Å². The van der Waals surface area contributed by atoms with Crippen LogP contribution in [0.3, 0.4) is 0 Å². The van der Waals surface area contributed by atoms with Gasteiger partial charge in [0.15, 0.2) is 0 Å². The number of rotatable bonds is 10. The third kappa shape index (κ3) is 17.0. The zero-order valence-electron chi connectivity index (χ0n) is 32.3. The van der Waals surface area contributed by atoms with Crippen molar-refractivity contribution in [2.75, 3.05) is 0 Å². The molecule has 0 aliphatic heterocycles. The summed E-state index contributed by atoms with van der Waals surface area (Å²) in [5, 5.41) is 0. The summed E-state index contributed by atoms with van der Waals surface area (Å²) in [4.78, 5) is 45.0. The summed E-state index contributed by atoms with van der Waals surface area (Å²) in [7, 11) is 0. The van der Waals surface area contributed by atoms with Crippen molar-refractivity contribution in [3.8, 4) is 0 Å². The lowest BCUT2D eigenvalue weighted by Crippen LogP contribution is -2.48. The van der Waals surface area contributed by atoms with Crippen molar-refractivity contribution < 1.29 is 39.1 Å². The first-order chi connectivity index (χ1) is 19.8. The van der Waals surface area contributed by atoms with Crippen LogP contribution in [0.25, 0.3) is 0 Å². The van der Waals surface area contributed by atoms with E-state index in [1.165, 1.54) is 0 Å². The van der Waals surface area contributed by atoms with Crippen molar-refractivity contribution in [3.05, 3.63) is 35.4 Å². The summed E-state index contributed by atoms with van der Waals surface area (Å²) in [5.41, 5.74) is -0.371. The van der Waals surface area contributed by atoms with Crippen LogP contribution in [0.15, 0.2) is 24.3 Å². The molecular weight excluding hydrogens is 572 g/mol. The van der Waals surface area contributed by atoms with Crippen molar-refractivity contribution in [2.24, 2.45) is 11.3 Å². The molecule has 8 nitrogen and oxygen atoms in total. The van der Waals surface area contributed by atoms with Gasteiger partial charge in [0.25, 0.3) is 0 Å². The Balaban J connectivity index is 0.000000454. The second-order valence-corrected chi connectivity index (χ2v) is 18.5. The summed E-state index contributed by atoms with van der Waals surface area (Å²) in [6.07, 6.45) is 2.66. The molecule has 1 aliphatic carbocycles. The SMILES string of the molecule is CC(C)(C)OOC(C)(C)c1ccc(C(C)(C)OOC(C)(C)C)cc1.CC1CC(C)(C)CC(OOC(C)(C)C)(OOC(C)(C)C)C1. The van der Waals surface area contributed by atoms with Gasteiger partial charge in [-0.3, -0.25) is 0 Å². The Morgan fingerprint density at radius 3 is 1.07 bits per heavy atom. The molecule has 1 aromatic rings. The molecule has 8 heteroatoms. The van der Waals surface area contributed by atoms with Gasteiger partial charge in [0.05, 0.1) is 22.4 Å². The summed E-state index contributed by atoms with van der Waals surface area (Å²) >= 11 is 0. The van der Waals surface area contributed by atoms with Gasteiger partial charge in [0.2, 0.25) is 5.79 Å². The van der Waals surface area contributed by atoms with E-state index in [1.54, 1.807) is 0 Å². The molecule has 0 bridgehead atoms. The maximum Gasteiger partial charge on any atom is 0.234 e. The minimum Gasteiger partial charge on any atom is -0.230 e. The highest BCUT2D eigenvalue weighted by Gasteiger charge is 2.48. The van der Waals surface area contributed by atoms with Crippen LogP contribution in [0.4, 0.5) is 0 Å². The average molecular weight is 641 g/mol. The summed E-state index contributed by atoms with van der Waals surface area (Å²) in [5.74, 6) is -0.359. The maximum atomic E-state index is 5.79. The molecule has 1 unspecified atom stereocenters. The van der Waals surface area contributed by atoms with E-state index in [9.17, 15) is 0 Å². The van der Waals surface area contributed by atoms with Gasteiger partial charge in [0, 0.05) is 12.8 Å². The van der Waals surface area contributed by atoms with Gasteiger partial charge in [-0.2, -0.15) is 9.78 Å². The predicted octanol–water partition coefficient (Wildman–Crippen LogP) is 10.7. The van der Waals surface area contributed by atoms with Gasteiger partial charge in [-0.05, 0) is 140 Å². The second kappa shape index (κ2) is 15.0. The highest BCUT2D eigenvalue weighted by Crippen LogP contribution is 2.47. The lowest BCUT2D eigenvalue weighted by Gasteiger charge is -2.46. The third-order valence-electron chi connectivity index (χ3n) is 6.47. The van der Waals surface area contributed by atoms with Crippen molar-refractivity contribution >= 4 is 0 Å². The van der Waals surface area contributed by atoms with E-state index in [0.717, 1.165) is 30.4 Å². The Morgan fingerprint density at radius 2 is 0.800 bits per heavy atom. The van der Waals surface area contributed by atoms with E-state index < -0.39 is 17.0 Å². The van der Waals surface area contributed by atoms with Gasteiger partial charge in [-0.25, -0.2) is 29.3 Å². The Morgan fingerprint density at radius 1 is 0.489 bits per heavy atom. The van der Waals surface area contributed by atoms with Crippen LogP contribution >= 0.6 is 0 Å². The van der Waals surface area contributed by atoms with Crippen molar-refractivity contribution in [1.29, 1.82) is 0 Å². The first-order valence-electron chi connectivity index (χ1n) is 16.4. The fraction of sp³-hybridized carbons (Fsp3) is 0.838. The van der Waals surface area contributed by atoms with Crippen LogP contribution in [-0.4, -0.2) is 28.2 Å². The Bertz CT molecular complexity index is 948. The third-order valence-corrected chi connectivity index (χ3v) is 6.47. The molecule has 1 saturated carbocycles. The van der Waals surface area contributed by atoms with Gasteiger partial charge < -0.3 is 0 Å². The highest BCUT2D eigenvalue weighted by atomic mass is 17.3. The van der Waals surface area contributed by atoms with Crippen LogP contribution in [0.2, 0.25) is 0 Å². The van der Waals surface area contributed by atoms with Crippen LogP contribution in [0.1, 0.15) is 162 Å². The van der Waals surface area contributed by atoms with Gasteiger partial charge in [0.1, 0.15) is 11.2 Å². The van der Waals surface area contributed by atoms with Gasteiger partial charge in [-0.15, -0.1) is 0 Å². The minimum absolute atomic E-state index is 0.125. The fourth-order valence-corrected chi connectivity index (χ4v) is 4.79. The molecule has 1 fully saturated rings. The first kappa shape index (κ1) is 41.9. The molecular formula is C37H68O8. The molecule has 0 aromatic heterocycles. The zero-order chi connectivity index (χ0) is 35.3. The Hall–Kier alpha value is -1.10. The highest BCUT2D eigenvalue weighted by molar-refractivity contribution is 5.29. The summed E-state index contributed by atoms with van der Waals surface area (Å²) in [6, 6.07) is 8.13. The van der Waals surface area contributed by atoms with Crippen LogP contribution in [-0.2, 0) is 50.3 Å². The molecule has 1 atom stereocenters. The van der Waals surface area contributed by atoms with E-state index >= 15 is 0 Å². The van der Waals surface area contributed by atoms with Crippen LogP contribution < -0.4 is 0 Å². The topological polar surface area (TPSA) is 73.8 Å². The molecule has 0 heterocycles. The molecule has 0 N–H and O–H groups in total. The lowest BCUT2D eigenvalue weighted by molar-refractivity contribution is -0.551. The monoisotopic (exact) mass is 640 g/mol. The van der Waals surface area contributed by atoms with E-state index in [-0.39, 0.29) is 27.8 Å². The van der Waals surface area contributed by atoms with E-state index in [2.05, 4.69) is 20.8 Å². The van der Waals surface area contributed by atoms with Crippen molar-refractivity contribution in [1.82, 2.24) is 0 Å². The molecule has 0 spiro atoms. The van der Waals surface area contributed by atoms with E-state index in [0.29, 0.717) is 5.92 Å². The van der Waals surface area contributed by atoms with E-state index in [4.69, 9.17) is 39.1 Å². The first-order valence-corrected chi connectivity index (χ1v) is 16.4. The Kier molecular flexibility index (Phi) is 14.0. The number of hydrogen-bond donors (Lipinski definition) is 0. The molecule has 0 radical (unpaired) electrons. The van der Waals surface area contributed by atoms with Gasteiger partial charge >= 0.3 is 0 Å². The lowest BCUT2D eigenvalue weighted by atomic mass is 9.70. The molecule has 1 aliphatic rings. The van der Waals surface area contributed by atoms with E-state index in [1.807, 2.05) is 135 Å². The average Bonchev–Trinajstić information content (AvgIpc) is 2.82. The normalized spacial score (nSPS) is 19.6. The van der Waals surface area contributed by atoms with Crippen LogP contribution in [0.5, 0.6) is 0 Å². The molecule has 0 amide bonds. The second-order valence-electron chi connectivity index (χ2n) is 18.5. The standard InChI is InChI=1S/C20H34O4.C17H34O4/c1-17(2,3)21-23-19(7,8)15-11-13-16(14-12-15)20(9,10)24-22-18(4,5)6;1-13-10-16(8,9)12-17(11-13,20-18-14(2,3)4)21-19-15(5,6)7/h11-14H,1-10H3;13H,10-12H2,1-9H3.